The van der Waals surface area contributed by atoms with Crippen LogP contribution < -0.4 is 5.32 Å². The summed E-state index contributed by atoms with van der Waals surface area (Å²) in [7, 11) is 4.17. The fourth-order valence-electron chi connectivity index (χ4n) is 1.49. The molecule has 0 saturated heterocycles. The molecule has 0 atom stereocenters. The molecule has 1 N–H and O–H groups in total. The molecule has 2 heteroatoms. The molecule has 0 aliphatic heterocycles. The number of nitrogens with one attached hydrogen (secondary N) is 1. The maximum absolute atomic E-state index is 3.16. The van der Waals surface area contributed by atoms with Gasteiger partial charge in [-0.25, -0.2) is 0 Å². The Kier molecular flexibility index (Phi) is 9.78. The first-order valence-corrected chi connectivity index (χ1v) is 6.61. The van der Waals surface area contributed by atoms with Crippen LogP contribution in [0.1, 0.15) is 25.0 Å². The van der Waals surface area contributed by atoms with E-state index in [1.54, 1.807) is 0 Å². The van der Waals surface area contributed by atoms with Gasteiger partial charge in [0.1, 0.15) is 0 Å². The minimum atomic E-state index is 1.06. The molecule has 1 aromatic carbocycles. The molecule has 1 aromatic rings. The van der Waals surface area contributed by atoms with Crippen molar-refractivity contribution < 1.29 is 0 Å². The van der Waals surface area contributed by atoms with Gasteiger partial charge < -0.3 is 10.2 Å². The van der Waals surface area contributed by atoms with Gasteiger partial charge in [0, 0.05) is 19.6 Å². The summed E-state index contributed by atoms with van der Waals surface area (Å²) < 4.78 is 0. The zero-order valence-electron chi connectivity index (χ0n) is 12.1. The number of hydrogen-bond donors (Lipinski definition) is 1. The van der Waals surface area contributed by atoms with Gasteiger partial charge in [-0.2, -0.15) is 0 Å². The van der Waals surface area contributed by atoms with Crippen LogP contribution in [0.15, 0.2) is 24.3 Å². The summed E-state index contributed by atoms with van der Waals surface area (Å²) in [6.45, 7) is 9.43. The first kappa shape index (κ1) is 16.1. The highest BCUT2D eigenvalue weighted by Crippen LogP contribution is 2.04. The zero-order valence-corrected chi connectivity index (χ0v) is 12.1. The van der Waals surface area contributed by atoms with Crippen LogP contribution in [0.5, 0.6) is 0 Å². The van der Waals surface area contributed by atoms with Gasteiger partial charge in [-0.3, -0.25) is 0 Å². The monoisotopic (exact) mass is 236 g/mol. The van der Waals surface area contributed by atoms with Crippen molar-refractivity contribution in [3.05, 3.63) is 35.4 Å². The fourth-order valence-corrected chi connectivity index (χ4v) is 1.49. The van der Waals surface area contributed by atoms with E-state index in [0.717, 1.165) is 26.1 Å². The number of rotatable bonds is 6. The molecule has 0 saturated carbocycles. The van der Waals surface area contributed by atoms with Crippen molar-refractivity contribution in [3.63, 3.8) is 0 Å². The Hall–Kier alpha value is -0.860. The fraction of sp³-hybridized carbons (Fsp3) is 0.600. The zero-order chi connectivity index (χ0) is 13.1. The van der Waals surface area contributed by atoms with E-state index in [1.807, 2.05) is 20.9 Å². The van der Waals surface area contributed by atoms with Crippen LogP contribution in [0.2, 0.25) is 0 Å². The largest absolute Gasteiger partial charge is 0.318 e. The second-order valence-corrected chi connectivity index (χ2v) is 4.14. The van der Waals surface area contributed by atoms with Gasteiger partial charge in [-0.15, -0.1) is 0 Å². The second-order valence-electron chi connectivity index (χ2n) is 4.14. The van der Waals surface area contributed by atoms with E-state index in [9.17, 15) is 0 Å². The molecule has 0 radical (unpaired) electrons. The number of likely N-dealkylation sites (N-methyl/N-ethyl adjacent to an activating group) is 2. The van der Waals surface area contributed by atoms with E-state index in [1.165, 1.54) is 11.1 Å². The van der Waals surface area contributed by atoms with Crippen LogP contribution in [0.25, 0.3) is 0 Å². The Bertz CT molecular complexity index is 267. The van der Waals surface area contributed by atoms with Crippen molar-refractivity contribution in [2.24, 2.45) is 0 Å². The average Bonchev–Trinajstić information content (AvgIpc) is 2.38. The molecule has 0 aromatic heterocycles. The van der Waals surface area contributed by atoms with Crippen molar-refractivity contribution in [3.8, 4) is 0 Å². The summed E-state index contributed by atoms with van der Waals surface area (Å²) in [6, 6.07) is 8.81. The third-order valence-corrected chi connectivity index (χ3v) is 2.65. The van der Waals surface area contributed by atoms with Crippen LogP contribution >= 0.6 is 0 Å². The maximum atomic E-state index is 3.16. The standard InChI is InChI=1S/C13H22N2.C2H6/c1-12-4-6-13(7-5-12)8-10-15(3)11-9-14-2;1-2/h4-7,14H,8-11H2,1-3H3;1-2H3. The molecule has 0 amide bonds. The minimum Gasteiger partial charge on any atom is -0.318 e. The van der Waals surface area contributed by atoms with Gasteiger partial charge in [-0.05, 0) is 33.0 Å². The highest BCUT2D eigenvalue weighted by atomic mass is 15.1. The Morgan fingerprint density at radius 3 is 2.18 bits per heavy atom. The molecule has 0 heterocycles. The molecule has 2 nitrogen and oxygen atoms in total. The molecule has 0 unspecified atom stereocenters. The maximum Gasteiger partial charge on any atom is 0.0104 e. The lowest BCUT2D eigenvalue weighted by Crippen LogP contribution is -2.29. The Morgan fingerprint density at radius 2 is 1.65 bits per heavy atom. The summed E-state index contributed by atoms with van der Waals surface area (Å²) >= 11 is 0. The highest BCUT2D eigenvalue weighted by Gasteiger charge is 1.98. The summed E-state index contributed by atoms with van der Waals surface area (Å²) in [5.74, 6) is 0. The Morgan fingerprint density at radius 1 is 1.06 bits per heavy atom. The van der Waals surface area contributed by atoms with Gasteiger partial charge in [-0.1, -0.05) is 43.7 Å². The van der Waals surface area contributed by atoms with E-state index < -0.39 is 0 Å². The smallest absolute Gasteiger partial charge is 0.0104 e. The van der Waals surface area contributed by atoms with Crippen molar-refractivity contribution in [1.82, 2.24) is 10.2 Å². The van der Waals surface area contributed by atoms with Crippen LogP contribution in [0.3, 0.4) is 0 Å². The topological polar surface area (TPSA) is 15.3 Å². The third-order valence-electron chi connectivity index (χ3n) is 2.65. The van der Waals surface area contributed by atoms with Crippen LogP contribution in [-0.4, -0.2) is 38.6 Å². The third kappa shape index (κ3) is 7.94. The van der Waals surface area contributed by atoms with E-state index in [2.05, 4.69) is 48.5 Å². The lowest BCUT2D eigenvalue weighted by Gasteiger charge is -2.16. The van der Waals surface area contributed by atoms with E-state index in [0.29, 0.717) is 0 Å². The van der Waals surface area contributed by atoms with E-state index in [4.69, 9.17) is 0 Å². The van der Waals surface area contributed by atoms with E-state index in [-0.39, 0.29) is 0 Å². The van der Waals surface area contributed by atoms with Crippen LogP contribution in [-0.2, 0) is 6.42 Å². The summed E-state index contributed by atoms with van der Waals surface area (Å²) in [4.78, 5) is 2.36. The molecular weight excluding hydrogens is 208 g/mol. The normalized spacial score (nSPS) is 10.0. The van der Waals surface area contributed by atoms with Crippen LogP contribution in [0.4, 0.5) is 0 Å². The Labute approximate surface area is 107 Å². The molecule has 1 rings (SSSR count). The second kappa shape index (κ2) is 10.3. The predicted octanol–water partition coefficient (Wildman–Crippen LogP) is 2.71. The van der Waals surface area contributed by atoms with Crippen molar-refractivity contribution in [2.75, 3.05) is 33.7 Å². The SMILES string of the molecule is CC.CNCCN(C)CCc1ccc(C)cc1. The number of nitrogens with zero attached hydrogens (tertiary/aromatic N) is 1. The van der Waals surface area contributed by atoms with Gasteiger partial charge in [0.15, 0.2) is 0 Å². The molecule has 0 aliphatic rings. The Balaban J connectivity index is 0.00000121. The number of benzene rings is 1. The molecule has 0 spiro atoms. The molecule has 0 aliphatic carbocycles. The number of hydrogen-bond acceptors (Lipinski definition) is 2. The van der Waals surface area contributed by atoms with Gasteiger partial charge in [0.2, 0.25) is 0 Å². The number of aryl methyl sites for hydroxylation is 1. The molecule has 0 fully saturated rings. The molecule has 98 valence electrons. The molecule has 0 bridgehead atoms. The van der Waals surface area contributed by atoms with Gasteiger partial charge in [0.25, 0.3) is 0 Å². The van der Waals surface area contributed by atoms with Gasteiger partial charge in [0.05, 0.1) is 0 Å². The molecule has 17 heavy (non-hydrogen) atoms. The predicted molar refractivity (Wildman–Crippen MR) is 77.7 cm³/mol. The quantitative estimate of drug-likeness (QED) is 0.817. The molecular formula is C15H28N2. The van der Waals surface area contributed by atoms with E-state index >= 15 is 0 Å². The summed E-state index contributed by atoms with van der Waals surface area (Å²) in [5, 5.41) is 3.16. The first-order chi connectivity index (χ1) is 8.22. The average molecular weight is 236 g/mol. The van der Waals surface area contributed by atoms with Gasteiger partial charge >= 0.3 is 0 Å². The van der Waals surface area contributed by atoms with Crippen molar-refractivity contribution in [1.29, 1.82) is 0 Å². The lowest BCUT2D eigenvalue weighted by atomic mass is 10.1. The van der Waals surface area contributed by atoms with Crippen molar-refractivity contribution in [2.45, 2.75) is 27.2 Å². The minimum absolute atomic E-state index is 1.06. The lowest BCUT2D eigenvalue weighted by molar-refractivity contribution is 0.339. The first-order valence-electron chi connectivity index (χ1n) is 6.61. The summed E-state index contributed by atoms with van der Waals surface area (Å²) in [5.41, 5.74) is 2.76. The summed E-state index contributed by atoms with van der Waals surface area (Å²) in [6.07, 6.45) is 1.14. The van der Waals surface area contributed by atoms with Crippen molar-refractivity contribution >= 4 is 0 Å². The van der Waals surface area contributed by atoms with Crippen LogP contribution in [0, 0.1) is 6.92 Å². The highest BCUT2D eigenvalue weighted by molar-refractivity contribution is 5.21.